The molecule has 8 rings (SSSR count). The fourth-order valence-corrected chi connectivity index (χ4v) is 8.64. The SMILES string of the molecule is Cc1cnc(N2CC3(CCOCC3)C2)c(C(=O)Nc2ccc(C(=O)N3CCc4cc(C(=O)c5ccccc5C)sc4-c4ccccc43)cc2)c1. The molecule has 5 aromatic rings. The molecule has 3 aliphatic rings. The third kappa shape index (κ3) is 5.90. The lowest BCUT2D eigenvalue weighted by atomic mass is 9.73. The third-order valence-electron chi connectivity index (χ3n) is 10.3. The number of anilines is 3. The largest absolute Gasteiger partial charge is 0.381 e. The van der Waals surface area contributed by atoms with Crippen molar-refractivity contribution in [2.24, 2.45) is 5.41 Å². The number of aryl methyl sites for hydroxylation is 2. The fraction of sp³-hybridized carbons (Fsp3) is 0.268. The van der Waals surface area contributed by atoms with E-state index in [2.05, 4.69) is 15.2 Å². The van der Waals surface area contributed by atoms with E-state index in [0.717, 1.165) is 72.0 Å². The van der Waals surface area contributed by atoms with Crippen LogP contribution in [0, 0.1) is 19.3 Å². The van der Waals surface area contributed by atoms with E-state index in [0.29, 0.717) is 46.0 Å². The minimum absolute atomic E-state index is 0.0255. The Morgan fingerprint density at radius 2 is 1.62 bits per heavy atom. The van der Waals surface area contributed by atoms with E-state index in [1.54, 1.807) is 24.3 Å². The second-order valence-corrected chi connectivity index (χ2v) is 14.8. The number of ketones is 1. The van der Waals surface area contributed by atoms with Crippen LogP contribution in [0.25, 0.3) is 10.4 Å². The standard InChI is InChI=1S/C41H38N4O4S/c1-26-21-33(38(42-23-26)44-24-41(25-44)16-19-49-20-17-41)39(47)43-30-13-11-28(12-14-30)40(48)45-18-15-29-22-35(36(46)31-8-4-3-7-27(31)2)50-37(29)32-9-5-6-10-34(32)45/h3-14,21-23H,15-20,24-25H2,1-2H3,(H,43,47). The summed E-state index contributed by atoms with van der Waals surface area (Å²) in [7, 11) is 0. The molecule has 2 aromatic heterocycles. The highest BCUT2D eigenvalue weighted by molar-refractivity contribution is 7.17. The highest BCUT2D eigenvalue weighted by atomic mass is 32.1. The van der Waals surface area contributed by atoms with Crippen LogP contribution in [0.4, 0.5) is 17.2 Å². The summed E-state index contributed by atoms with van der Waals surface area (Å²) in [5.74, 6) is 0.386. The van der Waals surface area contributed by atoms with Crippen LogP contribution >= 0.6 is 11.3 Å². The number of benzene rings is 3. The van der Waals surface area contributed by atoms with Gasteiger partial charge in [-0.3, -0.25) is 14.4 Å². The maximum Gasteiger partial charge on any atom is 0.259 e. The Morgan fingerprint density at radius 1 is 0.880 bits per heavy atom. The molecule has 3 aliphatic heterocycles. The monoisotopic (exact) mass is 682 g/mol. The number of nitrogens with zero attached hydrogens (tertiary/aromatic N) is 3. The molecular weight excluding hydrogens is 645 g/mol. The van der Waals surface area contributed by atoms with Crippen molar-refractivity contribution in [3.63, 3.8) is 0 Å². The summed E-state index contributed by atoms with van der Waals surface area (Å²) in [6.45, 7) is 7.71. The van der Waals surface area contributed by atoms with Crippen LogP contribution in [0.2, 0.25) is 0 Å². The van der Waals surface area contributed by atoms with Gasteiger partial charge >= 0.3 is 0 Å². The van der Waals surface area contributed by atoms with Gasteiger partial charge in [0.2, 0.25) is 5.78 Å². The molecule has 0 unspecified atom stereocenters. The molecule has 252 valence electrons. The van der Waals surface area contributed by atoms with E-state index in [-0.39, 0.29) is 23.0 Å². The predicted molar refractivity (Wildman–Crippen MR) is 198 cm³/mol. The van der Waals surface area contributed by atoms with E-state index >= 15 is 0 Å². The van der Waals surface area contributed by atoms with Gasteiger partial charge in [-0.1, -0.05) is 42.5 Å². The Kier molecular flexibility index (Phi) is 8.33. The van der Waals surface area contributed by atoms with E-state index in [4.69, 9.17) is 4.74 Å². The molecule has 2 amide bonds. The quantitative estimate of drug-likeness (QED) is 0.184. The highest BCUT2D eigenvalue weighted by Crippen LogP contribution is 2.44. The Morgan fingerprint density at radius 3 is 2.40 bits per heavy atom. The normalized spacial score (nSPS) is 16.2. The zero-order valence-electron chi connectivity index (χ0n) is 28.2. The van der Waals surface area contributed by atoms with Gasteiger partial charge in [-0.15, -0.1) is 11.3 Å². The van der Waals surface area contributed by atoms with Crippen LogP contribution in [-0.4, -0.2) is 55.4 Å². The summed E-state index contributed by atoms with van der Waals surface area (Å²) < 4.78 is 5.57. The van der Waals surface area contributed by atoms with Crippen LogP contribution in [0.15, 0.2) is 91.1 Å². The second kappa shape index (κ2) is 13.0. The average Bonchev–Trinajstić information content (AvgIpc) is 3.49. The second-order valence-electron chi connectivity index (χ2n) is 13.7. The highest BCUT2D eigenvalue weighted by Gasteiger charge is 2.45. The smallest absolute Gasteiger partial charge is 0.259 e. The van der Waals surface area contributed by atoms with Gasteiger partial charge in [0.25, 0.3) is 11.8 Å². The van der Waals surface area contributed by atoms with Crippen molar-refractivity contribution < 1.29 is 19.1 Å². The number of thiophene rings is 1. The molecule has 5 heterocycles. The Balaban J connectivity index is 0.990. The number of amides is 2. The van der Waals surface area contributed by atoms with E-state index < -0.39 is 0 Å². The van der Waals surface area contributed by atoms with Gasteiger partial charge in [-0.25, -0.2) is 4.98 Å². The van der Waals surface area contributed by atoms with Gasteiger partial charge < -0.3 is 19.9 Å². The Hall–Kier alpha value is -5.12. The van der Waals surface area contributed by atoms with Crippen molar-refractivity contribution in [2.75, 3.05) is 48.0 Å². The molecule has 1 N–H and O–H groups in total. The van der Waals surface area contributed by atoms with E-state index in [9.17, 15) is 14.4 Å². The number of aromatic nitrogens is 1. The van der Waals surface area contributed by atoms with Crippen LogP contribution in [-0.2, 0) is 11.2 Å². The molecule has 0 saturated carbocycles. The Labute approximate surface area is 295 Å². The molecule has 50 heavy (non-hydrogen) atoms. The molecule has 0 aliphatic carbocycles. The van der Waals surface area contributed by atoms with Crippen LogP contribution in [0.3, 0.4) is 0 Å². The maximum absolute atomic E-state index is 14.0. The fourth-order valence-electron chi connectivity index (χ4n) is 7.44. The van der Waals surface area contributed by atoms with Crippen molar-refractivity contribution in [1.82, 2.24) is 4.98 Å². The maximum atomic E-state index is 14.0. The summed E-state index contributed by atoms with van der Waals surface area (Å²) in [6.07, 6.45) is 4.51. The van der Waals surface area contributed by atoms with Gasteiger partial charge in [-0.05, 0) is 92.3 Å². The summed E-state index contributed by atoms with van der Waals surface area (Å²) in [5, 5.41) is 3.03. The number of para-hydroxylation sites is 1. The van der Waals surface area contributed by atoms with Crippen molar-refractivity contribution in [2.45, 2.75) is 33.1 Å². The van der Waals surface area contributed by atoms with Crippen molar-refractivity contribution in [3.05, 3.63) is 129 Å². The molecule has 1 spiro atoms. The summed E-state index contributed by atoms with van der Waals surface area (Å²) >= 11 is 1.49. The van der Waals surface area contributed by atoms with Gasteiger partial charge in [0.1, 0.15) is 5.82 Å². The first-order chi connectivity index (χ1) is 24.3. The molecule has 8 nitrogen and oxygen atoms in total. The molecule has 0 radical (unpaired) electrons. The van der Waals surface area contributed by atoms with E-state index in [1.165, 1.54) is 11.3 Å². The minimum Gasteiger partial charge on any atom is -0.381 e. The molecule has 0 bridgehead atoms. The average molecular weight is 683 g/mol. The zero-order chi connectivity index (χ0) is 34.4. The number of hydrogen-bond acceptors (Lipinski definition) is 7. The molecule has 9 heteroatoms. The van der Waals surface area contributed by atoms with Crippen molar-refractivity contribution >= 4 is 46.1 Å². The first kappa shape index (κ1) is 32.1. The number of pyridine rings is 1. The summed E-state index contributed by atoms with van der Waals surface area (Å²) in [4.78, 5) is 51.5. The lowest BCUT2D eigenvalue weighted by Crippen LogP contribution is -2.59. The van der Waals surface area contributed by atoms with Gasteiger partial charge in [0.05, 0.1) is 16.1 Å². The van der Waals surface area contributed by atoms with Crippen molar-refractivity contribution in [3.8, 4) is 10.4 Å². The first-order valence-corrected chi connectivity index (χ1v) is 18.0. The van der Waals surface area contributed by atoms with Crippen LogP contribution < -0.4 is 15.1 Å². The zero-order valence-corrected chi connectivity index (χ0v) is 29.0. The topological polar surface area (TPSA) is 91.8 Å². The lowest BCUT2D eigenvalue weighted by molar-refractivity contribution is -0.000511. The molecule has 2 saturated heterocycles. The first-order valence-electron chi connectivity index (χ1n) is 17.1. The number of ether oxygens (including phenoxy) is 1. The van der Waals surface area contributed by atoms with E-state index in [1.807, 2.05) is 85.6 Å². The molecule has 2 fully saturated rings. The number of hydrogen-bond donors (Lipinski definition) is 1. The molecular formula is C41H38N4O4S. The van der Waals surface area contributed by atoms with Crippen LogP contribution in [0.5, 0.6) is 0 Å². The van der Waals surface area contributed by atoms with Gasteiger partial charge in [0.15, 0.2) is 0 Å². The summed E-state index contributed by atoms with van der Waals surface area (Å²) in [5.41, 5.74) is 7.35. The minimum atomic E-state index is -0.226. The number of fused-ring (bicyclic) bond motifs is 3. The molecule has 3 aromatic carbocycles. The van der Waals surface area contributed by atoms with Crippen molar-refractivity contribution in [1.29, 1.82) is 0 Å². The number of carbonyl (C=O) groups is 3. The van der Waals surface area contributed by atoms with Gasteiger partial charge in [-0.2, -0.15) is 0 Å². The van der Waals surface area contributed by atoms with Gasteiger partial charge in [0, 0.05) is 71.7 Å². The summed E-state index contributed by atoms with van der Waals surface area (Å²) in [6, 6.07) is 26.5. The molecule has 0 atom stereocenters. The van der Waals surface area contributed by atoms with Crippen LogP contribution in [0.1, 0.15) is 65.5 Å². The number of rotatable bonds is 6. The lowest BCUT2D eigenvalue weighted by Gasteiger charge is -2.53. The predicted octanol–water partition coefficient (Wildman–Crippen LogP) is 7.73. The third-order valence-corrected chi connectivity index (χ3v) is 11.5. The number of carbonyl (C=O) groups excluding carboxylic acids is 3. The Bertz CT molecular complexity index is 2120. The number of nitrogens with one attached hydrogen (secondary N) is 1.